The number of morpholine rings is 1. The summed E-state index contributed by atoms with van der Waals surface area (Å²) in [5.74, 6) is 0. The van der Waals surface area contributed by atoms with Gasteiger partial charge in [-0.2, -0.15) is 4.31 Å². The van der Waals surface area contributed by atoms with E-state index in [0.717, 1.165) is 0 Å². The van der Waals surface area contributed by atoms with Crippen molar-refractivity contribution in [3.8, 4) is 0 Å². The van der Waals surface area contributed by atoms with Gasteiger partial charge < -0.3 is 15.6 Å². The van der Waals surface area contributed by atoms with Crippen LogP contribution in [0.3, 0.4) is 0 Å². The Morgan fingerprint density at radius 2 is 2.19 bits per heavy atom. The van der Waals surface area contributed by atoms with Crippen LogP contribution in [0.1, 0.15) is 13.8 Å². The van der Waals surface area contributed by atoms with Gasteiger partial charge in [0.25, 0.3) is 0 Å². The van der Waals surface area contributed by atoms with Gasteiger partial charge in [0.05, 0.1) is 24.0 Å². The molecule has 0 bridgehead atoms. The number of rotatable bonds is 3. The molecule has 1 aromatic rings. The summed E-state index contributed by atoms with van der Waals surface area (Å²) in [6, 6.07) is 4.34. The number of aliphatic hydroxyl groups excluding tert-OH is 1. The molecular weight excluding hydrogens is 316 g/mol. The van der Waals surface area contributed by atoms with E-state index in [2.05, 4.69) is 0 Å². The van der Waals surface area contributed by atoms with E-state index in [1.165, 1.54) is 22.5 Å². The first kappa shape index (κ1) is 16.5. The van der Waals surface area contributed by atoms with Crippen LogP contribution in [-0.4, -0.2) is 49.2 Å². The number of nitrogen functional groups attached to an aromatic ring is 1. The maximum atomic E-state index is 12.8. The predicted octanol–water partition coefficient (Wildman–Crippen LogP) is 1.08. The predicted molar refractivity (Wildman–Crippen MR) is 80.7 cm³/mol. The van der Waals surface area contributed by atoms with Gasteiger partial charge in [-0.25, -0.2) is 8.42 Å². The SMILES string of the molecule is CC1(C)CN(S(=O)(=O)c2cc(Cl)ccc2N)CC(CO)O1. The van der Waals surface area contributed by atoms with E-state index < -0.39 is 21.7 Å². The van der Waals surface area contributed by atoms with Crippen molar-refractivity contribution in [1.82, 2.24) is 4.31 Å². The molecule has 118 valence electrons. The Morgan fingerprint density at radius 3 is 2.81 bits per heavy atom. The minimum Gasteiger partial charge on any atom is -0.398 e. The molecule has 1 heterocycles. The van der Waals surface area contributed by atoms with E-state index in [9.17, 15) is 13.5 Å². The Morgan fingerprint density at radius 1 is 1.52 bits per heavy atom. The quantitative estimate of drug-likeness (QED) is 0.807. The summed E-state index contributed by atoms with van der Waals surface area (Å²) in [6.07, 6.45) is -0.566. The summed E-state index contributed by atoms with van der Waals surface area (Å²) in [5, 5.41) is 9.58. The Hall–Kier alpha value is -0.860. The van der Waals surface area contributed by atoms with Gasteiger partial charge in [-0.3, -0.25) is 0 Å². The van der Waals surface area contributed by atoms with Gasteiger partial charge in [0, 0.05) is 18.1 Å². The summed E-state index contributed by atoms with van der Waals surface area (Å²) in [5.41, 5.74) is 5.23. The highest BCUT2D eigenvalue weighted by molar-refractivity contribution is 7.89. The highest BCUT2D eigenvalue weighted by Crippen LogP contribution is 2.30. The van der Waals surface area contributed by atoms with E-state index in [1.807, 2.05) is 0 Å². The summed E-state index contributed by atoms with van der Waals surface area (Å²) in [4.78, 5) is -0.0237. The Kier molecular flexibility index (Phi) is 4.51. The highest BCUT2D eigenvalue weighted by atomic mass is 35.5. The fraction of sp³-hybridized carbons (Fsp3) is 0.538. The number of hydrogen-bond donors (Lipinski definition) is 2. The number of nitrogens with two attached hydrogens (primary N) is 1. The average molecular weight is 335 g/mol. The van der Waals surface area contributed by atoms with Gasteiger partial charge in [0.2, 0.25) is 10.0 Å². The molecular formula is C13H19ClN2O4S. The number of halogens is 1. The van der Waals surface area contributed by atoms with Crippen molar-refractivity contribution >= 4 is 27.3 Å². The molecule has 1 fully saturated rings. The van der Waals surface area contributed by atoms with Crippen LogP contribution in [0, 0.1) is 0 Å². The fourth-order valence-corrected chi connectivity index (χ4v) is 4.39. The van der Waals surface area contributed by atoms with E-state index >= 15 is 0 Å². The van der Waals surface area contributed by atoms with Gasteiger partial charge in [-0.15, -0.1) is 0 Å². The molecule has 0 aromatic heterocycles. The van der Waals surface area contributed by atoms with Gasteiger partial charge in [0.1, 0.15) is 4.90 Å². The van der Waals surface area contributed by atoms with Crippen molar-refractivity contribution in [2.24, 2.45) is 0 Å². The van der Waals surface area contributed by atoms with Crippen LogP contribution in [0.2, 0.25) is 5.02 Å². The molecule has 1 saturated heterocycles. The lowest BCUT2D eigenvalue weighted by Crippen LogP contribution is -2.55. The number of benzene rings is 1. The first-order valence-corrected chi connectivity index (χ1v) is 8.31. The molecule has 3 N–H and O–H groups in total. The smallest absolute Gasteiger partial charge is 0.245 e. The fourth-order valence-electron chi connectivity index (χ4n) is 2.39. The topological polar surface area (TPSA) is 92.9 Å². The summed E-state index contributed by atoms with van der Waals surface area (Å²) < 4.78 is 32.4. The van der Waals surface area contributed by atoms with Crippen LogP contribution < -0.4 is 5.73 Å². The molecule has 1 atom stereocenters. The molecule has 1 aliphatic rings. The molecule has 6 nitrogen and oxygen atoms in total. The second-order valence-electron chi connectivity index (χ2n) is 5.66. The lowest BCUT2D eigenvalue weighted by molar-refractivity contribution is -0.131. The lowest BCUT2D eigenvalue weighted by atomic mass is 10.1. The van der Waals surface area contributed by atoms with E-state index in [-0.39, 0.29) is 30.3 Å². The van der Waals surface area contributed by atoms with Crippen molar-refractivity contribution in [3.63, 3.8) is 0 Å². The van der Waals surface area contributed by atoms with Crippen LogP contribution in [0.4, 0.5) is 5.69 Å². The van der Waals surface area contributed by atoms with E-state index in [0.29, 0.717) is 5.02 Å². The number of sulfonamides is 1. The van der Waals surface area contributed by atoms with Crippen LogP contribution in [0.5, 0.6) is 0 Å². The number of hydrogen-bond acceptors (Lipinski definition) is 5. The minimum absolute atomic E-state index is 0.0237. The Labute approximate surface area is 129 Å². The van der Waals surface area contributed by atoms with Gasteiger partial charge >= 0.3 is 0 Å². The van der Waals surface area contributed by atoms with E-state index in [1.54, 1.807) is 13.8 Å². The zero-order valence-electron chi connectivity index (χ0n) is 11.9. The molecule has 1 aliphatic heterocycles. The number of nitrogens with zero attached hydrogens (tertiary/aromatic N) is 1. The molecule has 8 heteroatoms. The third-order valence-electron chi connectivity index (χ3n) is 3.25. The summed E-state index contributed by atoms with van der Waals surface area (Å²) in [7, 11) is -3.80. The second-order valence-corrected chi connectivity index (χ2v) is 8.00. The maximum absolute atomic E-state index is 12.8. The monoisotopic (exact) mass is 334 g/mol. The highest BCUT2D eigenvalue weighted by Gasteiger charge is 2.39. The van der Waals surface area contributed by atoms with Crippen LogP contribution >= 0.6 is 11.6 Å². The standard InChI is InChI=1S/C13H19ClN2O4S/c1-13(2)8-16(6-10(7-17)20-13)21(18,19)12-5-9(14)3-4-11(12)15/h3-5,10,17H,6-8,15H2,1-2H3. The van der Waals surface area contributed by atoms with Crippen molar-refractivity contribution in [2.75, 3.05) is 25.4 Å². The molecule has 0 aliphatic carbocycles. The molecule has 1 unspecified atom stereocenters. The van der Waals surface area contributed by atoms with Crippen molar-refractivity contribution < 1.29 is 18.3 Å². The molecule has 21 heavy (non-hydrogen) atoms. The van der Waals surface area contributed by atoms with Crippen LogP contribution in [0.15, 0.2) is 23.1 Å². The van der Waals surface area contributed by atoms with Crippen molar-refractivity contribution in [1.29, 1.82) is 0 Å². The summed E-state index contributed by atoms with van der Waals surface area (Å²) >= 11 is 5.87. The Balaban J connectivity index is 2.41. The van der Waals surface area contributed by atoms with Crippen LogP contribution in [-0.2, 0) is 14.8 Å². The molecule has 0 saturated carbocycles. The third-order valence-corrected chi connectivity index (χ3v) is 5.35. The largest absolute Gasteiger partial charge is 0.398 e. The number of anilines is 1. The molecule has 0 amide bonds. The zero-order valence-corrected chi connectivity index (χ0v) is 13.5. The zero-order chi connectivity index (χ0) is 15.8. The first-order chi connectivity index (χ1) is 9.65. The molecule has 2 rings (SSSR count). The van der Waals surface area contributed by atoms with Crippen molar-refractivity contribution in [2.45, 2.75) is 30.4 Å². The van der Waals surface area contributed by atoms with Gasteiger partial charge in [0.15, 0.2) is 0 Å². The second kappa shape index (κ2) is 5.73. The number of aliphatic hydroxyl groups is 1. The van der Waals surface area contributed by atoms with Gasteiger partial charge in [-0.1, -0.05) is 11.6 Å². The average Bonchev–Trinajstić information content (AvgIpc) is 2.39. The normalized spacial score (nSPS) is 23.1. The summed E-state index contributed by atoms with van der Waals surface area (Å²) in [6.45, 7) is 3.56. The first-order valence-electron chi connectivity index (χ1n) is 6.49. The van der Waals surface area contributed by atoms with Gasteiger partial charge in [-0.05, 0) is 32.0 Å². The lowest BCUT2D eigenvalue weighted by Gasteiger charge is -2.41. The van der Waals surface area contributed by atoms with Crippen LogP contribution in [0.25, 0.3) is 0 Å². The minimum atomic E-state index is -3.80. The van der Waals surface area contributed by atoms with E-state index in [4.69, 9.17) is 22.1 Å². The molecule has 0 spiro atoms. The third kappa shape index (κ3) is 3.49. The Bertz CT molecular complexity index is 633. The number of ether oxygens (including phenoxy) is 1. The van der Waals surface area contributed by atoms with Crippen molar-refractivity contribution in [3.05, 3.63) is 23.2 Å². The molecule has 0 radical (unpaired) electrons. The molecule has 1 aromatic carbocycles. The maximum Gasteiger partial charge on any atom is 0.245 e.